The number of halogens is 3. The number of nitriles is 1. The number of hydrogen-bond acceptors (Lipinski definition) is 6. The highest BCUT2D eigenvalue weighted by atomic mass is 19.4. The normalized spacial score (nSPS) is 10.8. The molecule has 1 aromatic heterocycles. The SMILES string of the molecule is N#CCCN(Cc1ccco1)C(=O)COC(=O)c1ccc(OC(F)(F)F)cc1. The summed E-state index contributed by atoms with van der Waals surface area (Å²) in [6.45, 7) is -0.364. The lowest BCUT2D eigenvalue weighted by atomic mass is 10.2. The summed E-state index contributed by atoms with van der Waals surface area (Å²) < 4.78 is 50.1. The predicted molar refractivity (Wildman–Crippen MR) is 87.8 cm³/mol. The number of carbonyl (C=O) groups is 2. The summed E-state index contributed by atoms with van der Waals surface area (Å²) in [6, 6.07) is 9.32. The minimum absolute atomic E-state index is 0.0445. The van der Waals surface area contributed by atoms with Crippen LogP contribution >= 0.6 is 0 Å². The van der Waals surface area contributed by atoms with Crippen LogP contribution in [-0.2, 0) is 16.1 Å². The summed E-state index contributed by atoms with van der Waals surface area (Å²) in [6.07, 6.45) is -3.31. The van der Waals surface area contributed by atoms with Crippen LogP contribution in [-0.4, -0.2) is 36.3 Å². The van der Waals surface area contributed by atoms with Crippen LogP contribution in [0.5, 0.6) is 5.75 Å². The molecule has 2 aromatic rings. The van der Waals surface area contributed by atoms with E-state index in [1.165, 1.54) is 11.2 Å². The third-order valence-corrected chi connectivity index (χ3v) is 3.42. The molecule has 0 spiro atoms. The quantitative estimate of drug-likeness (QED) is 0.636. The van der Waals surface area contributed by atoms with Gasteiger partial charge in [-0.3, -0.25) is 4.79 Å². The molecule has 28 heavy (non-hydrogen) atoms. The van der Waals surface area contributed by atoms with Gasteiger partial charge in [-0.2, -0.15) is 5.26 Å². The average Bonchev–Trinajstić information content (AvgIpc) is 3.15. The van der Waals surface area contributed by atoms with Crippen LogP contribution in [0.4, 0.5) is 13.2 Å². The van der Waals surface area contributed by atoms with Crippen LogP contribution in [0.25, 0.3) is 0 Å². The first-order chi connectivity index (χ1) is 13.3. The molecule has 0 radical (unpaired) electrons. The van der Waals surface area contributed by atoms with Crippen LogP contribution in [0.1, 0.15) is 22.5 Å². The van der Waals surface area contributed by atoms with E-state index >= 15 is 0 Å². The topological polar surface area (TPSA) is 92.8 Å². The van der Waals surface area contributed by atoms with Crippen molar-refractivity contribution in [3.63, 3.8) is 0 Å². The first kappa shape index (κ1) is 20.8. The molecule has 148 valence electrons. The molecule has 1 heterocycles. The van der Waals surface area contributed by atoms with Gasteiger partial charge in [0.1, 0.15) is 11.5 Å². The van der Waals surface area contributed by atoms with Crippen LogP contribution in [0.2, 0.25) is 0 Å². The molecule has 1 amide bonds. The maximum Gasteiger partial charge on any atom is 0.573 e. The summed E-state index contributed by atoms with van der Waals surface area (Å²) in [5, 5.41) is 8.71. The fourth-order valence-corrected chi connectivity index (χ4v) is 2.16. The Kier molecular flexibility index (Phi) is 7.03. The molecule has 10 heteroatoms. The second kappa shape index (κ2) is 9.45. The highest BCUT2D eigenvalue weighted by Gasteiger charge is 2.31. The van der Waals surface area contributed by atoms with Gasteiger partial charge < -0.3 is 18.8 Å². The Hall–Kier alpha value is -3.48. The van der Waals surface area contributed by atoms with Gasteiger partial charge in [0.2, 0.25) is 0 Å². The molecule has 0 saturated heterocycles. The third kappa shape index (κ3) is 6.68. The number of furan rings is 1. The zero-order valence-electron chi connectivity index (χ0n) is 14.4. The van der Waals surface area contributed by atoms with Crippen molar-refractivity contribution in [1.82, 2.24) is 4.90 Å². The molecular weight excluding hydrogens is 381 g/mol. The first-order valence-electron chi connectivity index (χ1n) is 7.98. The predicted octanol–water partition coefficient (Wildman–Crippen LogP) is 3.28. The zero-order chi connectivity index (χ0) is 20.6. The van der Waals surface area contributed by atoms with Gasteiger partial charge in [0, 0.05) is 6.54 Å². The molecule has 0 aliphatic carbocycles. The molecule has 0 aliphatic heterocycles. The lowest BCUT2D eigenvalue weighted by Gasteiger charge is -2.20. The second-order valence-corrected chi connectivity index (χ2v) is 5.45. The molecular formula is C18H15F3N2O5. The number of benzene rings is 1. The van der Waals surface area contributed by atoms with Crippen LogP contribution < -0.4 is 4.74 Å². The third-order valence-electron chi connectivity index (χ3n) is 3.42. The number of esters is 1. The van der Waals surface area contributed by atoms with Crippen LogP contribution in [0.3, 0.4) is 0 Å². The summed E-state index contributed by atoms with van der Waals surface area (Å²) >= 11 is 0. The molecule has 0 atom stereocenters. The smallest absolute Gasteiger partial charge is 0.467 e. The molecule has 0 saturated carbocycles. The second-order valence-electron chi connectivity index (χ2n) is 5.45. The highest BCUT2D eigenvalue weighted by Crippen LogP contribution is 2.22. The fraction of sp³-hybridized carbons (Fsp3) is 0.278. The van der Waals surface area contributed by atoms with Crippen molar-refractivity contribution in [2.24, 2.45) is 0 Å². The van der Waals surface area contributed by atoms with Gasteiger partial charge in [0.05, 0.1) is 30.9 Å². The number of rotatable bonds is 8. The van der Waals surface area contributed by atoms with Crippen LogP contribution in [0, 0.1) is 11.3 Å². The summed E-state index contributed by atoms with van der Waals surface area (Å²) in [7, 11) is 0. The molecule has 2 rings (SSSR count). The van der Waals surface area contributed by atoms with E-state index in [4.69, 9.17) is 14.4 Å². The number of alkyl halides is 3. The Morgan fingerprint density at radius 2 is 1.89 bits per heavy atom. The Morgan fingerprint density at radius 3 is 2.46 bits per heavy atom. The molecule has 0 bridgehead atoms. The Balaban J connectivity index is 1.92. The largest absolute Gasteiger partial charge is 0.573 e. The Morgan fingerprint density at radius 1 is 1.18 bits per heavy atom. The fourth-order valence-electron chi connectivity index (χ4n) is 2.16. The number of ether oxygens (including phenoxy) is 2. The van der Waals surface area contributed by atoms with Crippen molar-refractivity contribution in [1.29, 1.82) is 5.26 Å². The Labute approximate surface area is 157 Å². The molecule has 0 aliphatic rings. The van der Waals surface area contributed by atoms with E-state index < -0.39 is 30.6 Å². The minimum Gasteiger partial charge on any atom is -0.467 e. The van der Waals surface area contributed by atoms with E-state index in [0.717, 1.165) is 24.3 Å². The minimum atomic E-state index is -4.84. The number of hydrogen-bond donors (Lipinski definition) is 0. The van der Waals surface area contributed by atoms with Gasteiger partial charge in [-0.05, 0) is 36.4 Å². The van der Waals surface area contributed by atoms with E-state index in [9.17, 15) is 22.8 Å². The van der Waals surface area contributed by atoms with E-state index in [1.807, 2.05) is 6.07 Å². The van der Waals surface area contributed by atoms with Gasteiger partial charge in [0.25, 0.3) is 5.91 Å². The molecule has 1 aromatic carbocycles. The first-order valence-corrected chi connectivity index (χ1v) is 7.98. The van der Waals surface area contributed by atoms with Gasteiger partial charge >= 0.3 is 12.3 Å². The van der Waals surface area contributed by atoms with E-state index in [-0.39, 0.29) is 25.1 Å². The molecule has 7 nitrogen and oxygen atoms in total. The van der Waals surface area contributed by atoms with Crippen molar-refractivity contribution < 1.29 is 36.7 Å². The van der Waals surface area contributed by atoms with E-state index in [1.54, 1.807) is 12.1 Å². The van der Waals surface area contributed by atoms with Gasteiger partial charge in [0.15, 0.2) is 6.61 Å². The van der Waals surface area contributed by atoms with Crippen molar-refractivity contribution >= 4 is 11.9 Å². The van der Waals surface area contributed by atoms with Crippen molar-refractivity contribution in [3.8, 4) is 11.8 Å². The zero-order valence-corrected chi connectivity index (χ0v) is 14.4. The summed E-state index contributed by atoms with van der Waals surface area (Å²) in [5.41, 5.74) is -0.0445. The van der Waals surface area contributed by atoms with Gasteiger partial charge in [-0.15, -0.1) is 13.2 Å². The lowest BCUT2D eigenvalue weighted by molar-refractivity contribution is -0.274. The lowest BCUT2D eigenvalue weighted by Crippen LogP contribution is -2.34. The summed E-state index contributed by atoms with van der Waals surface area (Å²) in [4.78, 5) is 25.5. The molecule has 0 fully saturated rings. The van der Waals surface area contributed by atoms with Crippen molar-refractivity contribution in [2.75, 3.05) is 13.2 Å². The average molecular weight is 396 g/mol. The monoisotopic (exact) mass is 396 g/mol. The number of carbonyl (C=O) groups excluding carboxylic acids is 2. The van der Waals surface area contributed by atoms with Crippen molar-refractivity contribution in [3.05, 3.63) is 54.0 Å². The van der Waals surface area contributed by atoms with Crippen LogP contribution in [0.15, 0.2) is 47.1 Å². The van der Waals surface area contributed by atoms with Gasteiger partial charge in [-0.25, -0.2) is 4.79 Å². The maximum absolute atomic E-state index is 12.3. The Bertz CT molecular complexity index is 826. The highest BCUT2D eigenvalue weighted by molar-refractivity contribution is 5.91. The van der Waals surface area contributed by atoms with Crippen molar-refractivity contribution in [2.45, 2.75) is 19.3 Å². The summed E-state index contributed by atoms with van der Waals surface area (Å²) in [5.74, 6) is -1.42. The van der Waals surface area contributed by atoms with E-state index in [0.29, 0.717) is 5.76 Å². The molecule has 0 N–H and O–H groups in total. The van der Waals surface area contributed by atoms with Gasteiger partial charge in [-0.1, -0.05) is 0 Å². The number of amides is 1. The number of nitrogens with zero attached hydrogens (tertiary/aromatic N) is 2. The maximum atomic E-state index is 12.3. The van der Waals surface area contributed by atoms with E-state index in [2.05, 4.69) is 4.74 Å². The standard InChI is InChI=1S/C18H15F3N2O5/c19-18(20,21)28-14-6-4-13(5-7-14)17(25)27-12-16(24)23(9-2-8-22)11-15-3-1-10-26-15/h1,3-7,10H,2,9,11-12H2. The molecule has 0 unspecified atom stereocenters.